The fourth-order valence-corrected chi connectivity index (χ4v) is 3.08. The molecule has 0 atom stereocenters. The average molecular weight is 500 g/mol. The number of carbonyl (C=O) groups is 1. The zero-order chi connectivity index (χ0) is 19.1. The number of amides is 1. The highest BCUT2D eigenvalue weighted by Crippen LogP contribution is 2.24. The molecule has 0 aromatic heterocycles. The Morgan fingerprint density at radius 3 is 2.58 bits per heavy atom. The summed E-state index contributed by atoms with van der Waals surface area (Å²) in [6.07, 6.45) is 0.917. The zero-order valence-corrected chi connectivity index (χ0v) is 18.5. The molecule has 2 rings (SSSR count). The van der Waals surface area contributed by atoms with E-state index in [1.165, 1.54) is 0 Å². The Morgan fingerprint density at radius 1 is 1.15 bits per heavy atom. The van der Waals surface area contributed by atoms with Crippen molar-refractivity contribution in [2.45, 2.75) is 20.3 Å². The second-order valence-corrected chi connectivity index (χ2v) is 8.33. The molecule has 0 bridgehead atoms. The Morgan fingerprint density at radius 2 is 1.88 bits per heavy atom. The predicted molar refractivity (Wildman–Crippen MR) is 117 cm³/mol. The number of hydrogen-bond acceptors (Lipinski definition) is 3. The number of halogens is 2. The van der Waals surface area contributed by atoms with Crippen LogP contribution < -0.4 is 15.4 Å². The lowest BCUT2D eigenvalue weighted by molar-refractivity contribution is 0.0973. The van der Waals surface area contributed by atoms with Gasteiger partial charge in [-0.3, -0.25) is 10.1 Å². The minimum absolute atomic E-state index is 0.223. The number of hydrogen-bond donors (Lipinski definition) is 2. The maximum absolute atomic E-state index is 12.6. The quantitative estimate of drug-likeness (QED) is 0.496. The number of carbonyl (C=O) groups excluding carboxylic acids is 1. The molecule has 1 amide bonds. The standard InChI is InChI=1S/C19H20Br2N2O2S/c1-12(2)8-9-25-17-7-6-14(21)11-16(17)18(24)23-19(26)22-15-5-3-4-13(20)10-15/h3-7,10-12H,8-9H2,1-2H3,(H2,22,23,24,26). The van der Waals surface area contributed by atoms with Crippen LogP contribution in [0.5, 0.6) is 5.75 Å². The third-order valence-electron chi connectivity index (χ3n) is 3.45. The highest BCUT2D eigenvalue weighted by atomic mass is 79.9. The molecule has 0 heterocycles. The van der Waals surface area contributed by atoms with Crippen molar-refractivity contribution in [2.75, 3.05) is 11.9 Å². The van der Waals surface area contributed by atoms with E-state index in [0.717, 1.165) is 21.1 Å². The maximum atomic E-state index is 12.6. The molecule has 2 N–H and O–H groups in total. The lowest BCUT2D eigenvalue weighted by Gasteiger charge is -2.14. The van der Waals surface area contributed by atoms with Gasteiger partial charge in [0.05, 0.1) is 12.2 Å². The maximum Gasteiger partial charge on any atom is 0.261 e. The number of ether oxygens (including phenoxy) is 1. The van der Waals surface area contributed by atoms with Gasteiger partial charge in [0.25, 0.3) is 5.91 Å². The van der Waals surface area contributed by atoms with Gasteiger partial charge in [-0.1, -0.05) is 51.8 Å². The van der Waals surface area contributed by atoms with Crippen LogP contribution in [0.25, 0.3) is 0 Å². The van der Waals surface area contributed by atoms with Crippen molar-refractivity contribution in [1.29, 1.82) is 0 Å². The molecule has 0 aliphatic rings. The van der Waals surface area contributed by atoms with Crippen LogP contribution in [0.2, 0.25) is 0 Å². The first-order chi connectivity index (χ1) is 12.3. The van der Waals surface area contributed by atoms with Gasteiger partial charge in [-0.25, -0.2) is 0 Å². The van der Waals surface area contributed by atoms with Gasteiger partial charge in [-0.2, -0.15) is 0 Å². The van der Waals surface area contributed by atoms with E-state index in [0.29, 0.717) is 23.8 Å². The molecule has 138 valence electrons. The molecular weight excluding hydrogens is 480 g/mol. The molecule has 0 saturated heterocycles. The number of nitrogens with one attached hydrogen (secondary N) is 2. The van der Waals surface area contributed by atoms with Crippen LogP contribution in [0.4, 0.5) is 5.69 Å². The van der Waals surface area contributed by atoms with E-state index in [1.54, 1.807) is 12.1 Å². The molecule has 4 nitrogen and oxygen atoms in total. The Kier molecular flexibility index (Phi) is 8.06. The SMILES string of the molecule is CC(C)CCOc1ccc(Br)cc1C(=O)NC(=S)Nc1cccc(Br)c1. The van der Waals surface area contributed by atoms with Crippen molar-refractivity contribution < 1.29 is 9.53 Å². The molecule has 2 aromatic rings. The van der Waals surface area contributed by atoms with Gasteiger partial charge in [-0.05, 0) is 61.0 Å². The molecule has 26 heavy (non-hydrogen) atoms. The van der Waals surface area contributed by atoms with Crippen LogP contribution in [-0.2, 0) is 0 Å². The number of benzene rings is 2. The van der Waals surface area contributed by atoms with Crippen molar-refractivity contribution in [3.05, 3.63) is 57.0 Å². The molecule has 0 saturated carbocycles. The number of rotatable bonds is 6. The van der Waals surface area contributed by atoms with E-state index in [9.17, 15) is 4.79 Å². The topological polar surface area (TPSA) is 50.4 Å². The van der Waals surface area contributed by atoms with Crippen LogP contribution in [0, 0.1) is 5.92 Å². The van der Waals surface area contributed by atoms with Crippen LogP contribution >= 0.6 is 44.1 Å². The van der Waals surface area contributed by atoms with Crippen LogP contribution in [0.15, 0.2) is 51.4 Å². The van der Waals surface area contributed by atoms with Crippen LogP contribution in [-0.4, -0.2) is 17.6 Å². The van der Waals surface area contributed by atoms with Crippen LogP contribution in [0.3, 0.4) is 0 Å². The number of anilines is 1. The van der Waals surface area contributed by atoms with E-state index < -0.39 is 0 Å². The van der Waals surface area contributed by atoms with Gasteiger partial charge < -0.3 is 10.1 Å². The second kappa shape index (κ2) is 10.0. The minimum Gasteiger partial charge on any atom is -0.493 e. The molecule has 0 radical (unpaired) electrons. The first-order valence-electron chi connectivity index (χ1n) is 8.15. The summed E-state index contributed by atoms with van der Waals surface area (Å²) in [7, 11) is 0. The van der Waals surface area contributed by atoms with Gasteiger partial charge in [0.15, 0.2) is 5.11 Å². The average Bonchev–Trinajstić information content (AvgIpc) is 2.55. The van der Waals surface area contributed by atoms with Gasteiger partial charge in [-0.15, -0.1) is 0 Å². The van der Waals surface area contributed by atoms with Crippen molar-refractivity contribution in [3.63, 3.8) is 0 Å². The molecule has 0 spiro atoms. The predicted octanol–water partition coefficient (Wildman–Crippen LogP) is 5.76. The molecule has 0 fully saturated rings. The van der Waals surface area contributed by atoms with E-state index in [1.807, 2.05) is 30.3 Å². The smallest absolute Gasteiger partial charge is 0.261 e. The Balaban J connectivity index is 2.05. The fourth-order valence-electron chi connectivity index (χ4n) is 2.11. The lowest BCUT2D eigenvalue weighted by atomic mass is 10.1. The van der Waals surface area contributed by atoms with E-state index in [4.69, 9.17) is 17.0 Å². The molecular formula is C19H20Br2N2O2S. The highest BCUT2D eigenvalue weighted by Gasteiger charge is 2.15. The summed E-state index contributed by atoms with van der Waals surface area (Å²) in [5.74, 6) is 0.750. The summed E-state index contributed by atoms with van der Waals surface area (Å²) in [6.45, 7) is 4.82. The normalized spacial score (nSPS) is 10.5. The molecule has 7 heteroatoms. The third kappa shape index (κ3) is 6.70. The first kappa shape index (κ1) is 20.9. The van der Waals surface area contributed by atoms with Gasteiger partial charge in [0.2, 0.25) is 0 Å². The summed E-state index contributed by atoms with van der Waals surface area (Å²) in [5, 5.41) is 5.91. The summed E-state index contributed by atoms with van der Waals surface area (Å²) < 4.78 is 7.50. The molecule has 2 aromatic carbocycles. The minimum atomic E-state index is -0.321. The zero-order valence-electron chi connectivity index (χ0n) is 14.5. The van der Waals surface area contributed by atoms with Crippen molar-refractivity contribution in [2.24, 2.45) is 5.92 Å². The summed E-state index contributed by atoms with van der Waals surface area (Å²) in [5.41, 5.74) is 1.22. The van der Waals surface area contributed by atoms with Crippen molar-refractivity contribution >= 4 is 60.8 Å². The lowest BCUT2D eigenvalue weighted by Crippen LogP contribution is -2.34. The Bertz CT molecular complexity index is 797. The fraction of sp³-hybridized carbons (Fsp3) is 0.263. The van der Waals surface area contributed by atoms with E-state index in [2.05, 4.69) is 56.3 Å². The van der Waals surface area contributed by atoms with E-state index >= 15 is 0 Å². The molecule has 0 unspecified atom stereocenters. The first-order valence-corrected chi connectivity index (χ1v) is 10.1. The third-order valence-corrected chi connectivity index (χ3v) is 4.64. The largest absolute Gasteiger partial charge is 0.493 e. The second-order valence-electron chi connectivity index (χ2n) is 6.09. The van der Waals surface area contributed by atoms with Gasteiger partial charge in [0, 0.05) is 14.6 Å². The molecule has 0 aliphatic heterocycles. The summed E-state index contributed by atoms with van der Waals surface area (Å²) in [4.78, 5) is 12.6. The summed E-state index contributed by atoms with van der Waals surface area (Å²) >= 11 is 12.0. The van der Waals surface area contributed by atoms with Crippen LogP contribution in [0.1, 0.15) is 30.6 Å². The Hall–Kier alpha value is -1.44. The molecule has 0 aliphatic carbocycles. The Labute approximate surface area is 176 Å². The van der Waals surface area contributed by atoms with Crippen molar-refractivity contribution in [3.8, 4) is 5.75 Å². The van der Waals surface area contributed by atoms with Gasteiger partial charge >= 0.3 is 0 Å². The van der Waals surface area contributed by atoms with E-state index in [-0.39, 0.29) is 11.0 Å². The summed E-state index contributed by atoms with van der Waals surface area (Å²) in [6, 6.07) is 12.9. The highest BCUT2D eigenvalue weighted by molar-refractivity contribution is 9.10. The number of thiocarbonyl (C=S) groups is 1. The monoisotopic (exact) mass is 498 g/mol. The van der Waals surface area contributed by atoms with Crippen molar-refractivity contribution in [1.82, 2.24) is 5.32 Å². The van der Waals surface area contributed by atoms with Gasteiger partial charge in [0.1, 0.15) is 5.75 Å².